The Morgan fingerprint density at radius 1 is 1.41 bits per heavy atom. The lowest BCUT2D eigenvalue weighted by atomic mass is 10.2. The molecule has 0 spiro atoms. The second-order valence-electron chi connectivity index (χ2n) is 5.06. The quantitative estimate of drug-likeness (QED) is 0.302. The van der Waals surface area contributed by atoms with Gasteiger partial charge in [-0.3, -0.25) is 4.90 Å². The molecule has 0 aromatic rings. The van der Waals surface area contributed by atoms with Gasteiger partial charge in [-0.2, -0.15) is 0 Å². The van der Waals surface area contributed by atoms with Crippen LogP contribution in [-0.2, 0) is 0 Å². The third-order valence-electron chi connectivity index (χ3n) is 3.34. The Labute approximate surface area is 104 Å². The molecule has 0 aliphatic carbocycles. The molecular formula is C12H26N4O. The molecule has 0 amide bonds. The second-order valence-corrected chi connectivity index (χ2v) is 5.06. The number of nitrogens with two attached hydrogens (primary N) is 1. The van der Waals surface area contributed by atoms with Gasteiger partial charge >= 0.3 is 0 Å². The van der Waals surface area contributed by atoms with Gasteiger partial charge in [0, 0.05) is 12.6 Å². The van der Waals surface area contributed by atoms with Gasteiger partial charge in [-0.15, -0.1) is 0 Å². The van der Waals surface area contributed by atoms with Crippen LogP contribution in [0.25, 0.3) is 0 Å². The van der Waals surface area contributed by atoms with E-state index < -0.39 is 0 Å². The van der Waals surface area contributed by atoms with Crippen LogP contribution in [0, 0.1) is 0 Å². The van der Waals surface area contributed by atoms with Crippen LogP contribution in [0.2, 0.25) is 0 Å². The Bertz CT molecular complexity index is 237. The second kappa shape index (κ2) is 7.50. The SMILES string of the molecule is CC(C)N(CCCN1CCCC1)CC(N)=NO. The molecule has 1 fully saturated rings. The van der Waals surface area contributed by atoms with E-state index in [-0.39, 0.29) is 0 Å². The Morgan fingerprint density at radius 2 is 2.06 bits per heavy atom. The fourth-order valence-corrected chi connectivity index (χ4v) is 2.26. The maximum absolute atomic E-state index is 8.59. The van der Waals surface area contributed by atoms with E-state index in [0.717, 1.165) is 13.0 Å². The molecule has 17 heavy (non-hydrogen) atoms. The van der Waals surface area contributed by atoms with E-state index in [9.17, 15) is 0 Å². The first-order valence-electron chi connectivity index (χ1n) is 6.56. The molecule has 0 atom stereocenters. The average Bonchev–Trinajstić information content (AvgIpc) is 2.80. The van der Waals surface area contributed by atoms with Crippen LogP contribution in [0.15, 0.2) is 5.16 Å². The van der Waals surface area contributed by atoms with Crippen molar-refractivity contribution in [2.24, 2.45) is 10.9 Å². The van der Waals surface area contributed by atoms with Crippen LogP contribution >= 0.6 is 0 Å². The number of hydrogen-bond acceptors (Lipinski definition) is 4. The lowest BCUT2D eigenvalue weighted by Crippen LogP contribution is -2.40. The monoisotopic (exact) mass is 242 g/mol. The smallest absolute Gasteiger partial charge is 0.153 e. The summed E-state index contributed by atoms with van der Waals surface area (Å²) in [7, 11) is 0. The van der Waals surface area contributed by atoms with Crippen molar-refractivity contribution in [2.75, 3.05) is 32.7 Å². The Kier molecular flexibility index (Phi) is 6.29. The fraction of sp³-hybridized carbons (Fsp3) is 0.917. The van der Waals surface area contributed by atoms with E-state index >= 15 is 0 Å². The largest absolute Gasteiger partial charge is 0.409 e. The van der Waals surface area contributed by atoms with Crippen LogP contribution in [0.3, 0.4) is 0 Å². The van der Waals surface area contributed by atoms with Crippen molar-refractivity contribution in [3.8, 4) is 0 Å². The van der Waals surface area contributed by atoms with Gasteiger partial charge in [-0.25, -0.2) is 0 Å². The van der Waals surface area contributed by atoms with Crippen molar-refractivity contribution in [1.82, 2.24) is 9.80 Å². The first-order valence-corrected chi connectivity index (χ1v) is 6.56. The minimum atomic E-state index is 0.292. The fourth-order valence-electron chi connectivity index (χ4n) is 2.26. The molecular weight excluding hydrogens is 216 g/mol. The van der Waals surface area contributed by atoms with Crippen LogP contribution in [-0.4, -0.2) is 59.6 Å². The molecule has 0 bridgehead atoms. The summed E-state index contributed by atoms with van der Waals surface area (Å²) in [5, 5.41) is 11.6. The number of rotatable bonds is 7. The van der Waals surface area contributed by atoms with Crippen molar-refractivity contribution < 1.29 is 5.21 Å². The standard InChI is InChI=1S/C12H26N4O/c1-11(2)16(10-12(13)14-17)9-5-8-15-6-3-4-7-15/h11,17H,3-10H2,1-2H3,(H2,13,14). The predicted molar refractivity (Wildman–Crippen MR) is 70.4 cm³/mol. The minimum absolute atomic E-state index is 0.292. The lowest BCUT2D eigenvalue weighted by molar-refractivity contribution is 0.226. The molecule has 1 rings (SSSR count). The zero-order chi connectivity index (χ0) is 12.7. The van der Waals surface area contributed by atoms with Gasteiger partial charge in [0.25, 0.3) is 0 Å². The normalized spacial score (nSPS) is 18.5. The summed E-state index contributed by atoms with van der Waals surface area (Å²) < 4.78 is 0. The minimum Gasteiger partial charge on any atom is -0.409 e. The van der Waals surface area contributed by atoms with E-state index in [4.69, 9.17) is 10.9 Å². The van der Waals surface area contributed by atoms with Crippen molar-refractivity contribution in [2.45, 2.75) is 39.2 Å². The predicted octanol–water partition coefficient (Wildman–Crippen LogP) is 0.929. The number of hydrogen-bond donors (Lipinski definition) is 2. The summed E-state index contributed by atoms with van der Waals surface area (Å²) in [5.41, 5.74) is 5.55. The summed E-state index contributed by atoms with van der Waals surface area (Å²) in [6.45, 7) is 9.50. The van der Waals surface area contributed by atoms with Crippen molar-refractivity contribution in [3.63, 3.8) is 0 Å². The zero-order valence-corrected chi connectivity index (χ0v) is 11.1. The van der Waals surface area contributed by atoms with Crippen LogP contribution in [0.5, 0.6) is 0 Å². The summed E-state index contributed by atoms with van der Waals surface area (Å²) in [4.78, 5) is 4.76. The Hall–Kier alpha value is -0.810. The average molecular weight is 242 g/mol. The molecule has 1 heterocycles. The molecule has 0 unspecified atom stereocenters. The van der Waals surface area contributed by atoms with Gasteiger partial charge in [0.2, 0.25) is 0 Å². The molecule has 1 aliphatic rings. The molecule has 0 aromatic heterocycles. The van der Waals surface area contributed by atoms with Gasteiger partial charge in [-0.1, -0.05) is 5.16 Å². The van der Waals surface area contributed by atoms with Crippen molar-refractivity contribution in [1.29, 1.82) is 0 Å². The Morgan fingerprint density at radius 3 is 2.59 bits per heavy atom. The van der Waals surface area contributed by atoms with E-state index in [1.165, 1.54) is 32.5 Å². The molecule has 5 nitrogen and oxygen atoms in total. The molecule has 0 aromatic carbocycles. The highest BCUT2D eigenvalue weighted by Gasteiger charge is 2.14. The van der Waals surface area contributed by atoms with Crippen LogP contribution < -0.4 is 5.73 Å². The third-order valence-corrected chi connectivity index (χ3v) is 3.34. The van der Waals surface area contributed by atoms with E-state index in [0.29, 0.717) is 18.4 Å². The topological polar surface area (TPSA) is 65.1 Å². The van der Waals surface area contributed by atoms with Crippen LogP contribution in [0.1, 0.15) is 33.1 Å². The van der Waals surface area contributed by atoms with E-state index in [1.807, 2.05) is 0 Å². The summed E-state index contributed by atoms with van der Waals surface area (Å²) in [5.74, 6) is 0.292. The molecule has 1 aliphatic heterocycles. The van der Waals surface area contributed by atoms with Gasteiger partial charge in [0.05, 0.1) is 6.54 Å². The van der Waals surface area contributed by atoms with Crippen LogP contribution in [0.4, 0.5) is 0 Å². The van der Waals surface area contributed by atoms with E-state index in [2.05, 4.69) is 28.8 Å². The van der Waals surface area contributed by atoms with E-state index in [1.54, 1.807) is 0 Å². The first-order chi connectivity index (χ1) is 8.13. The highest BCUT2D eigenvalue weighted by atomic mass is 16.4. The highest BCUT2D eigenvalue weighted by molar-refractivity contribution is 5.81. The summed E-state index contributed by atoms with van der Waals surface area (Å²) in [6, 6.07) is 0.425. The van der Waals surface area contributed by atoms with Gasteiger partial charge in [-0.05, 0) is 52.7 Å². The first kappa shape index (κ1) is 14.3. The molecule has 5 heteroatoms. The lowest BCUT2D eigenvalue weighted by Gasteiger charge is -2.26. The number of nitrogens with zero attached hydrogens (tertiary/aromatic N) is 3. The van der Waals surface area contributed by atoms with Gasteiger partial charge < -0.3 is 15.8 Å². The van der Waals surface area contributed by atoms with Crippen molar-refractivity contribution >= 4 is 5.84 Å². The van der Waals surface area contributed by atoms with Gasteiger partial charge in [0.1, 0.15) is 0 Å². The molecule has 0 saturated carbocycles. The number of oxime groups is 1. The Balaban J connectivity index is 2.23. The summed E-state index contributed by atoms with van der Waals surface area (Å²) in [6.07, 6.45) is 3.84. The molecule has 0 radical (unpaired) electrons. The zero-order valence-electron chi connectivity index (χ0n) is 11.1. The number of amidine groups is 1. The highest BCUT2D eigenvalue weighted by Crippen LogP contribution is 2.08. The van der Waals surface area contributed by atoms with Gasteiger partial charge in [0.15, 0.2) is 5.84 Å². The maximum atomic E-state index is 8.59. The molecule has 100 valence electrons. The maximum Gasteiger partial charge on any atom is 0.153 e. The summed E-state index contributed by atoms with van der Waals surface area (Å²) >= 11 is 0. The van der Waals surface area contributed by atoms with Crippen molar-refractivity contribution in [3.05, 3.63) is 0 Å². The third kappa shape index (κ3) is 5.37. The molecule has 1 saturated heterocycles. The molecule has 3 N–H and O–H groups in total. The number of likely N-dealkylation sites (tertiary alicyclic amines) is 1.